The topological polar surface area (TPSA) is 37.4 Å². The molecular formula is C12H19N3O. The van der Waals surface area contributed by atoms with Crippen molar-refractivity contribution >= 4 is 11.4 Å². The first-order valence-corrected chi connectivity index (χ1v) is 5.71. The average molecular weight is 221 g/mol. The molecule has 1 fully saturated rings. The van der Waals surface area contributed by atoms with Gasteiger partial charge in [0.2, 0.25) is 0 Å². The third kappa shape index (κ3) is 2.27. The van der Waals surface area contributed by atoms with Gasteiger partial charge >= 0.3 is 0 Å². The number of nitrogens with one attached hydrogen (secondary N) is 1. The van der Waals surface area contributed by atoms with Gasteiger partial charge in [-0.15, -0.1) is 0 Å². The van der Waals surface area contributed by atoms with E-state index in [1.54, 1.807) is 0 Å². The Morgan fingerprint density at radius 3 is 3.00 bits per heavy atom. The summed E-state index contributed by atoms with van der Waals surface area (Å²) < 4.78 is 5.62. The Labute approximate surface area is 96.6 Å². The number of hydrogen-bond donors (Lipinski definition) is 1. The molecule has 0 radical (unpaired) electrons. The molecule has 0 bridgehead atoms. The Bertz CT molecular complexity index is 356. The normalized spacial score (nSPS) is 25.6. The van der Waals surface area contributed by atoms with Crippen molar-refractivity contribution in [2.24, 2.45) is 0 Å². The fraction of sp³-hybridized carbons (Fsp3) is 0.583. The molecule has 16 heavy (non-hydrogen) atoms. The lowest BCUT2D eigenvalue weighted by Crippen LogP contribution is -2.47. The van der Waals surface area contributed by atoms with Gasteiger partial charge in [-0.1, -0.05) is 0 Å². The van der Waals surface area contributed by atoms with Gasteiger partial charge in [0, 0.05) is 19.6 Å². The molecule has 4 heteroatoms. The van der Waals surface area contributed by atoms with Gasteiger partial charge in [0.05, 0.1) is 36.5 Å². The number of ether oxygens (including phenoxy) is 1. The molecule has 1 saturated heterocycles. The number of aromatic nitrogens is 1. The number of anilines is 2. The van der Waals surface area contributed by atoms with Crippen LogP contribution in [0.4, 0.5) is 11.4 Å². The smallest absolute Gasteiger partial charge is 0.0723 e. The van der Waals surface area contributed by atoms with Gasteiger partial charge in [-0.05, 0) is 19.9 Å². The SMILES string of the molecule is CNc1cncc(N2CC(C)OCC2C)c1. The van der Waals surface area contributed by atoms with Crippen molar-refractivity contribution in [1.82, 2.24) is 4.98 Å². The van der Waals surface area contributed by atoms with Crippen LogP contribution >= 0.6 is 0 Å². The highest BCUT2D eigenvalue weighted by atomic mass is 16.5. The van der Waals surface area contributed by atoms with Crippen LogP contribution in [0.15, 0.2) is 18.5 Å². The Morgan fingerprint density at radius 2 is 2.25 bits per heavy atom. The molecule has 0 aromatic carbocycles. The van der Waals surface area contributed by atoms with Crippen LogP contribution in [0.3, 0.4) is 0 Å². The molecule has 0 aliphatic carbocycles. The summed E-state index contributed by atoms with van der Waals surface area (Å²) >= 11 is 0. The summed E-state index contributed by atoms with van der Waals surface area (Å²) in [5.74, 6) is 0. The Hall–Kier alpha value is -1.29. The van der Waals surface area contributed by atoms with E-state index < -0.39 is 0 Å². The van der Waals surface area contributed by atoms with Gasteiger partial charge in [-0.2, -0.15) is 0 Å². The molecule has 0 saturated carbocycles. The van der Waals surface area contributed by atoms with Gasteiger partial charge < -0.3 is 15.0 Å². The van der Waals surface area contributed by atoms with Crippen molar-refractivity contribution in [2.45, 2.75) is 26.0 Å². The molecular weight excluding hydrogens is 202 g/mol. The fourth-order valence-electron chi connectivity index (χ4n) is 1.98. The molecule has 2 unspecified atom stereocenters. The summed E-state index contributed by atoms with van der Waals surface area (Å²) in [5.41, 5.74) is 2.21. The summed E-state index contributed by atoms with van der Waals surface area (Å²) in [6.07, 6.45) is 4.03. The highest BCUT2D eigenvalue weighted by molar-refractivity contribution is 5.56. The fourth-order valence-corrected chi connectivity index (χ4v) is 1.98. The summed E-state index contributed by atoms with van der Waals surface area (Å²) in [6.45, 7) is 5.99. The quantitative estimate of drug-likeness (QED) is 0.825. The molecule has 1 aromatic heterocycles. The number of pyridine rings is 1. The van der Waals surface area contributed by atoms with E-state index in [2.05, 4.69) is 35.1 Å². The molecule has 1 aliphatic rings. The minimum Gasteiger partial charge on any atom is -0.387 e. The van der Waals surface area contributed by atoms with E-state index in [1.807, 2.05) is 19.4 Å². The van der Waals surface area contributed by atoms with Crippen LogP contribution in [0.1, 0.15) is 13.8 Å². The molecule has 4 nitrogen and oxygen atoms in total. The minimum atomic E-state index is 0.287. The summed E-state index contributed by atoms with van der Waals surface area (Å²) in [7, 11) is 1.91. The van der Waals surface area contributed by atoms with Crippen LogP contribution in [-0.4, -0.2) is 37.3 Å². The van der Waals surface area contributed by atoms with Gasteiger partial charge in [-0.25, -0.2) is 0 Å². The molecule has 1 aliphatic heterocycles. The third-order valence-electron chi connectivity index (χ3n) is 2.95. The van der Waals surface area contributed by atoms with Crippen molar-refractivity contribution in [3.8, 4) is 0 Å². The predicted octanol–water partition coefficient (Wildman–Crippen LogP) is 1.74. The Kier molecular flexibility index (Phi) is 3.29. The molecule has 0 amide bonds. The van der Waals surface area contributed by atoms with E-state index in [1.165, 1.54) is 0 Å². The van der Waals surface area contributed by atoms with Crippen LogP contribution in [0.5, 0.6) is 0 Å². The lowest BCUT2D eigenvalue weighted by Gasteiger charge is -2.38. The molecule has 2 rings (SSSR count). The van der Waals surface area contributed by atoms with E-state index >= 15 is 0 Å². The Morgan fingerprint density at radius 1 is 1.44 bits per heavy atom. The van der Waals surface area contributed by atoms with Gasteiger partial charge in [-0.3, -0.25) is 4.98 Å². The highest BCUT2D eigenvalue weighted by Gasteiger charge is 2.23. The maximum atomic E-state index is 5.62. The summed E-state index contributed by atoms with van der Waals surface area (Å²) in [5, 5.41) is 3.11. The van der Waals surface area contributed by atoms with E-state index in [0.29, 0.717) is 6.04 Å². The number of nitrogens with zero attached hydrogens (tertiary/aromatic N) is 2. The molecule has 2 heterocycles. The second-order valence-corrected chi connectivity index (χ2v) is 4.33. The van der Waals surface area contributed by atoms with Crippen molar-refractivity contribution < 1.29 is 4.74 Å². The zero-order valence-corrected chi connectivity index (χ0v) is 10.1. The van der Waals surface area contributed by atoms with Crippen LogP contribution in [-0.2, 0) is 4.74 Å². The van der Waals surface area contributed by atoms with Crippen molar-refractivity contribution in [3.63, 3.8) is 0 Å². The molecule has 88 valence electrons. The zero-order chi connectivity index (χ0) is 11.5. The monoisotopic (exact) mass is 221 g/mol. The molecule has 1 aromatic rings. The molecule has 2 atom stereocenters. The summed E-state index contributed by atoms with van der Waals surface area (Å²) in [4.78, 5) is 6.59. The van der Waals surface area contributed by atoms with Crippen LogP contribution in [0, 0.1) is 0 Å². The van der Waals surface area contributed by atoms with E-state index in [0.717, 1.165) is 24.5 Å². The molecule has 0 spiro atoms. The van der Waals surface area contributed by atoms with Crippen molar-refractivity contribution in [1.29, 1.82) is 0 Å². The van der Waals surface area contributed by atoms with Crippen molar-refractivity contribution in [2.75, 3.05) is 30.4 Å². The largest absolute Gasteiger partial charge is 0.387 e. The Balaban J connectivity index is 2.20. The third-order valence-corrected chi connectivity index (χ3v) is 2.95. The average Bonchev–Trinajstić information content (AvgIpc) is 2.32. The van der Waals surface area contributed by atoms with E-state index in [4.69, 9.17) is 4.74 Å². The first kappa shape index (κ1) is 11.2. The number of morpholine rings is 1. The first-order valence-electron chi connectivity index (χ1n) is 5.71. The zero-order valence-electron chi connectivity index (χ0n) is 10.1. The first-order chi connectivity index (χ1) is 7.70. The van der Waals surface area contributed by atoms with E-state index in [9.17, 15) is 0 Å². The van der Waals surface area contributed by atoms with Crippen LogP contribution in [0.2, 0.25) is 0 Å². The maximum Gasteiger partial charge on any atom is 0.0723 e. The second-order valence-electron chi connectivity index (χ2n) is 4.33. The van der Waals surface area contributed by atoms with Crippen LogP contribution < -0.4 is 10.2 Å². The second kappa shape index (κ2) is 4.70. The minimum absolute atomic E-state index is 0.287. The van der Waals surface area contributed by atoms with Gasteiger partial charge in [0.1, 0.15) is 0 Å². The van der Waals surface area contributed by atoms with Gasteiger partial charge in [0.15, 0.2) is 0 Å². The van der Waals surface area contributed by atoms with E-state index in [-0.39, 0.29) is 6.10 Å². The van der Waals surface area contributed by atoms with Crippen molar-refractivity contribution in [3.05, 3.63) is 18.5 Å². The molecule has 1 N–H and O–H groups in total. The lowest BCUT2D eigenvalue weighted by atomic mass is 10.2. The summed E-state index contributed by atoms with van der Waals surface area (Å²) in [6, 6.07) is 2.53. The number of rotatable bonds is 2. The van der Waals surface area contributed by atoms with Crippen LogP contribution in [0.25, 0.3) is 0 Å². The maximum absolute atomic E-state index is 5.62. The predicted molar refractivity (Wildman–Crippen MR) is 66.0 cm³/mol. The van der Waals surface area contributed by atoms with Gasteiger partial charge in [0.25, 0.3) is 0 Å². The highest BCUT2D eigenvalue weighted by Crippen LogP contribution is 2.23. The number of hydrogen-bond acceptors (Lipinski definition) is 4. The lowest BCUT2D eigenvalue weighted by molar-refractivity contribution is 0.0343. The standard InChI is InChI=1S/C12H19N3O/c1-9-8-16-10(2)7-15(9)12-4-11(13-3)5-14-6-12/h4-6,9-10,13H,7-8H2,1-3H3.